The van der Waals surface area contributed by atoms with Crippen molar-refractivity contribution in [2.45, 2.75) is 26.4 Å². The fourth-order valence-electron chi connectivity index (χ4n) is 2.50. The zero-order valence-corrected chi connectivity index (χ0v) is 15.3. The summed E-state index contributed by atoms with van der Waals surface area (Å²) in [6, 6.07) is 7.56. The summed E-state index contributed by atoms with van der Waals surface area (Å²) >= 11 is 0. The first-order valence-corrected chi connectivity index (χ1v) is 8.12. The van der Waals surface area contributed by atoms with Gasteiger partial charge < -0.3 is 20.1 Å². The number of aromatic carboxylic acids is 3. The molecule has 0 aliphatic heterocycles. The van der Waals surface area contributed by atoms with Crippen molar-refractivity contribution < 1.29 is 39.2 Å². The lowest BCUT2D eigenvalue weighted by Gasteiger charge is -2.20. The van der Waals surface area contributed by atoms with Gasteiger partial charge in [-0.05, 0) is 56.2 Å². The molecule has 0 radical (unpaired) electrons. The number of carbonyl (C=O) groups excluding carboxylic acids is 1. The number of esters is 1. The van der Waals surface area contributed by atoms with Crippen molar-refractivity contribution in [2.75, 3.05) is 0 Å². The van der Waals surface area contributed by atoms with Crippen LogP contribution in [-0.4, -0.2) is 44.8 Å². The number of rotatable bonds is 5. The lowest BCUT2D eigenvalue weighted by Crippen LogP contribution is -2.25. The van der Waals surface area contributed by atoms with E-state index < -0.39 is 35.0 Å². The molecule has 0 aliphatic carbocycles. The Labute approximate surface area is 160 Å². The third-order valence-corrected chi connectivity index (χ3v) is 3.68. The van der Waals surface area contributed by atoms with Crippen molar-refractivity contribution in [3.8, 4) is 11.1 Å². The van der Waals surface area contributed by atoms with Crippen LogP contribution in [0.1, 0.15) is 62.2 Å². The van der Waals surface area contributed by atoms with Gasteiger partial charge in [-0.3, -0.25) is 0 Å². The molecule has 2 aromatic carbocycles. The Bertz CT molecular complexity index is 982. The van der Waals surface area contributed by atoms with Crippen LogP contribution >= 0.6 is 0 Å². The third kappa shape index (κ3) is 4.53. The Hall–Kier alpha value is -3.68. The molecule has 0 aliphatic rings. The topological polar surface area (TPSA) is 138 Å². The van der Waals surface area contributed by atoms with Crippen molar-refractivity contribution >= 4 is 23.9 Å². The minimum Gasteiger partial charge on any atom is -0.478 e. The second kappa shape index (κ2) is 7.51. The minimum absolute atomic E-state index is 0.195. The van der Waals surface area contributed by atoms with Gasteiger partial charge in [0.1, 0.15) is 5.60 Å². The zero-order valence-electron chi connectivity index (χ0n) is 15.3. The standard InChI is InChI=1S/C20H18O8/c1-20(2,3)28-19(27)15-9-11(5-7-13(15)17(23)24)10-4-6-12(16(21)22)14(8-10)18(25)26/h4-9H,1-3H3,(H,21,22)(H,23,24)(H,25,26). The molecule has 0 spiro atoms. The number of carbonyl (C=O) groups is 4. The molecular formula is C20H18O8. The Kier molecular flexibility index (Phi) is 5.54. The highest BCUT2D eigenvalue weighted by molar-refractivity contribution is 6.05. The first-order chi connectivity index (χ1) is 12.9. The van der Waals surface area contributed by atoms with Crippen molar-refractivity contribution in [1.29, 1.82) is 0 Å². The third-order valence-electron chi connectivity index (χ3n) is 3.68. The predicted octanol–water partition coefficient (Wildman–Crippen LogP) is 3.40. The van der Waals surface area contributed by atoms with E-state index in [9.17, 15) is 29.4 Å². The van der Waals surface area contributed by atoms with Gasteiger partial charge in [0.15, 0.2) is 0 Å². The van der Waals surface area contributed by atoms with E-state index >= 15 is 0 Å². The van der Waals surface area contributed by atoms with Gasteiger partial charge in [-0.25, -0.2) is 19.2 Å². The van der Waals surface area contributed by atoms with Crippen LogP contribution in [0.15, 0.2) is 36.4 Å². The maximum Gasteiger partial charge on any atom is 0.339 e. The molecule has 0 saturated heterocycles. The number of hydrogen-bond donors (Lipinski definition) is 3. The minimum atomic E-state index is -1.42. The second-order valence-electron chi connectivity index (χ2n) is 6.94. The molecule has 8 nitrogen and oxygen atoms in total. The van der Waals surface area contributed by atoms with Crippen LogP contribution in [0, 0.1) is 0 Å². The summed E-state index contributed by atoms with van der Waals surface area (Å²) in [5.41, 5.74) is -1.47. The van der Waals surface area contributed by atoms with E-state index in [2.05, 4.69) is 0 Å². The van der Waals surface area contributed by atoms with Gasteiger partial charge in [-0.1, -0.05) is 12.1 Å². The Morgan fingerprint density at radius 3 is 1.46 bits per heavy atom. The van der Waals surface area contributed by atoms with Crippen molar-refractivity contribution in [3.63, 3.8) is 0 Å². The van der Waals surface area contributed by atoms with Crippen LogP contribution in [0.4, 0.5) is 0 Å². The summed E-state index contributed by atoms with van der Waals surface area (Å²) in [5, 5.41) is 27.7. The van der Waals surface area contributed by atoms with Crippen LogP contribution in [-0.2, 0) is 4.74 Å². The fourth-order valence-corrected chi connectivity index (χ4v) is 2.50. The Morgan fingerprint density at radius 1 is 0.679 bits per heavy atom. The second-order valence-corrected chi connectivity index (χ2v) is 6.94. The van der Waals surface area contributed by atoms with Gasteiger partial charge >= 0.3 is 23.9 Å². The average Bonchev–Trinajstić information content (AvgIpc) is 2.58. The SMILES string of the molecule is CC(C)(C)OC(=O)c1cc(-c2ccc(C(=O)O)c(C(=O)O)c2)ccc1C(=O)O. The molecule has 2 rings (SSSR count). The highest BCUT2D eigenvalue weighted by Crippen LogP contribution is 2.27. The first-order valence-electron chi connectivity index (χ1n) is 8.12. The monoisotopic (exact) mass is 386 g/mol. The summed E-state index contributed by atoms with van der Waals surface area (Å²) < 4.78 is 5.24. The molecule has 0 fully saturated rings. The van der Waals surface area contributed by atoms with E-state index in [0.29, 0.717) is 11.1 Å². The van der Waals surface area contributed by atoms with E-state index in [1.807, 2.05) is 0 Å². The van der Waals surface area contributed by atoms with Crippen LogP contribution in [0.5, 0.6) is 0 Å². The normalized spacial score (nSPS) is 11.0. The molecule has 0 amide bonds. The molecule has 3 N–H and O–H groups in total. The van der Waals surface area contributed by atoms with E-state index in [-0.39, 0.29) is 16.7 Å². The maximum atomic E-state index is 12.4. The van der Waals surface area contributed by atoms with Gasteiger partial charge in [0.05, 0.1) is 22.3 Å². The van der Waals surface area contributed by atoms with E-state index in [1.165, 1.54) is 24.3 Å². The van der Waals surface area contributed by atoms with Crippen LogP contribution in [0.2, 0.25) is 0 Å². The maximum absolute atomic E-state index is 12.4. The summed E-state index contributed by atoms with van der Waals surface area (Å²) in [6.45, 7) is 4.91. The lowest BCUT2D eigenvalue weighted by molar-refractivity contribution is 0.00655. The number of hydrogen-bond acceptors (Lipinski definition) is 5. The molecule has 28 heavy (non-hydrogen) atoms. The van der Waals surface area contributed by atoms with E-state index in [1.54, 1.807) is 20.8 Å². The molecule has 146 valence electrons. The summed E-state index contributed by atoms with van der Waals surface area (Å²) in [6.07, 6.45) is 0. The average molecular weight is 386 g/mol. The molecular weight excluding hydrogens is 368 g/mol. The van der Waals surface area contributed by atoms with Crippen LogP contribution < -0.4 is 0 Å². The van der Waals surface area contributed by atoms with Crippen LogP contribution in [0.3, 0.4) is 0 Å². The Morgan fingerprint density at radius 2 is 1.07 bits per heavy atom. The van der Waals surface area contributed by atoms with Gasteiger partial charge in [-0.15, -0.1) is 0 Å². The van der Waals surface area contributed by atoms with Crippen molar-refractivity contribution in [2.24, 2.45) is 0 Å². The van der Waals surface area contributed by atoms with Crippen molar-refractivity contribution in [3.05, 3.63) is 58.7 Å². The molecule has 0 unspecified atom stereocenters. The molecule has 0 aromatic heterocycles. The number of carboxylic acid groups (broad SMARTS) is 3. The number of benzene rings is 2. The van der Waals surface area contributed by atoms with Crippen molar-refractivity contribution in [1.82, 2.24) is 0 Å². The van der Waals surface area contributed by atoms with Gasteiger partial charge in [0, 0.05) is 0 Å². The van der Waals surface area contributed by atoms with Gasteiger partial charge in [0.25, 0.3) is 0 Å². The summed E-state index contributed by atoms with van der Waals surface area (Å²) in [7, 11) is 0. The van der Waals surface area contributed by atoms with Crippen LogP contribution in [0.25, 0.3) is 11.1 Å². The highest BCUT2D eigenvalue weighted by atomic mass is 16.6. The lowest BCUT2D eigenvalue weighted by atomic mass is 9.95. The molecule has 0 heterocycles. The smallest absolute Gasteiger partial charge is 0.339 e. The molecule has 0 atom stereocenters. The quantitative estimate of drug-likeness (QED) is 0.665. The van der Waals surface area contributed by atoms with Gasteiger partial charge in [-0.2, -0.15) is 0 Å². The molecule has 2 aromatic rings. The largest absolute Gasteiger partial charge is 0.478 e. The summed E-state index contributed by atoms with van der Waals surface area (Å²) in [5.74, 6) is -4.97. The molecule has 0 bridgehead atoms. The first kappa shape index (κ1) is 20.6. The number of carboxylic acids is 3. The molecule has 0 saturated carbocycles. The highest BCUT2D eigenvalue weighted by Gasteiger charge is 2.24. The zero-order chi connectivity index (χ0) is 21.2. The van der Waals surface area contributed by atoms with Gasteiger partial charge in [0.2, 0.25) is 0 Å². The fraction of sp³-hybridized carbons (Fsp3) is 0.200. The number of ether oxygens (including phenoxy) is 1. The Balaban J connectivity index is 2.61. The van der Waals surface area contributed by atoms with E-state index in [0.717, 1.165) is 12.1 Å². The molecule has 8 heteroatoms. The summed E-state index contributed by atoms with van der Waals surface area (Å²) in [4.78, 5) is 46.4. The predicted molar refractivity (Wildman–Crippen MR) is 97.9 cm³/mol. The van der Waals surface area contributed by atoms with E-state index in [4.69, 9.17) is 9.84 Å².